The molecule has 12 aliphatic rings. The number of methoxy groups -OCH3 is 1. The first kappa shape index (κ1) is 68.1. The van der Waals surface area contributed by atoms with Gasteiger partial charge in [0.15, 0.2) is 57.7 Å². The molecule has 20 atom stereocenters. The molecule has 524 valence electrons. The summed E-state index contributed by atoms with van der Waals surface area (Å²) in [6.07, 6.45) is -21.3. The number of rotatable bonds is 16. The molecule has 0 spiro atoms. The van der Waals surface area contributed by atoms with E-state index in [0.717, 1.165) is 0 Å². The van der Waals surface area contributed by atoms with E-state index in [-0.39, 0.29) is 33.0 Å². The van der Waals surface area contributed by atoms with Crippen LogP contribution in [0.2, 0.25) is 0 Å². The van der Waals surface area contributed by atoms with Crippen LogP contribution in [0.4, 0.5) is 4.79 Å². The molecule has 31 nitrogen and oxygen atoms in total. The minimum atomic E-state index is -2.72. The smallest absolute Gasteiger partial charge is 0.410 e. The van der Waals surface area contributed by atoms with Crippen LogP contribution in [0.3, 0.4) is 0 Å². The van der Waals surface area contributed by atoms with Crippen molar-refractivity contribution in [3.8, 4) is 0 Å². The Labute approximate surface area is 544 Å². The average molecular weight is 1340 g/mol. The number of amides is 4. The number of nitrogens with one attached hydrogen (secondary N) is 4. The van der Waals surface area contributed by atoms with E-state index in [4.69, 9.17) is 104 Å². The summed E-state index contributed by atoms with van der Waals surface area (Å²) in [5, 5.41) is 11.6. The van der Waals surface area contributed by atoms with Crippen LogP contribution in [-0.2, 0) is 130 Å². The Kier molecular flexibility index (Phi) is 16.7. The number of fused-ring (bicyclic) bond motifs is 4. The lowest BCUT2D eigenvalue weighted by molar-refractivity contribution is -0.246. The lowest BCUT2D eigenvalue weighted by Gasteiger charge is -2.42. The molecule has 94 heavy (non-hydrogen) atoms. The maximum Gasteiger partial charge on any atom is 0.410 e. The van der Waals surface area contributed by atoms with E-state index in [1.165, 1.54) is 7.11 Å². The normalized spacial score (nSPS) is 44.0. The third-order valence-corrected chi connectivity index (χ3v) is 18.7. The van der Waals surface area contributed by atoms with E-state index < -0.39 is 209 Å². The predicted octanol–water partition coefficient (Wildman–Crippen LogP) is 2.28. The van der Waals surface area contributed by atoms with Gasteiger partial charge in [-0.15, -0.1) is 0 Å². The van der Waals surface area contributed by atoms with Gasteiger partial charge in [-0.05, 0) is 116 Å². The van der Waals surface area contributed by atoms with Crippen LogP contribution < -0.4 is 21.3 Å². The Morgan fingerprint density at radius 2 is 0.723 bits per heavy atom. The Balaban J connectivity index is 0.916. The first-order valence-corrected chi connectivity index (χ1v) is 32.1. The SMILES string of the molecule is COC(=O)CC1(NC(=O)[C@]2(NC(=O)CC3(NC(=O)[C@]4(NC(=O)OCc5ccccc5)O[C@H]([C@H]5COC(C)(C)O5)[C@@H]5OC(C)(C)O[C@@H]54)O[C@H]([C@H]4COC(C)(C)O4)[C@@H]4OC(C)(C)O[C@@H]43)O[C@H]([C@H]3COC(C)(C)O3)[C@@H]3OC(C)(C)O[C@@H]32)O[C@H]([C@H]2COC(C)(C)O2)[C@@H]2OC(C)(C)O[C@@H]21. The van der Waals surface area contributed by atoms with Gasteiger partial charge in [0.1, 0.15) is 104 Å². The van der Waals surface area contributed by atoms with E-state index in [9.17, 15) is 9.59 Å². The molecule has 0 saturated carbocycles. The van der Waals surface area contributed by atoms with Crippen molar-refractivity contribution in [2.24, 2.45) is 0 Å². The van der Waals surface area contributed by atoms with Crippen LogP contribution >= 0.6 is 0 Å². The van der Waals surface area contributed by atoms with Crippen LogP contribution in [0.15, 0.2) is 30.3 Å². The highest BCUT2D eigenvalue weighted by Gasteiger charge is 2.76. The first-order valence-electron chi connectivity index (χ1n) is 32.1. The Hall–Kier alpha value is -4.43. The summed E-state index contributed by atoms with van der Waals surface area (Å²) >= 11 is 0. The summed E-state index contributed by atoms with van der Waals surface area (Å²) in [5.41, 5.74) is -9.34. The highest BCUT2D eigenvalue weighted by atomic mass is 16.8. The third kappa shape index (κ3) is 12.6. The number of hydrogen-bond acceptors (Lipinski definition) is 27. The molecular formula is C63H90N4O27. The third-order valence-electron chi connectivity index (χ3n) is 18.7. The van der Waals surface area contributed by atoms with E-state index in [1.54, 1.807) is 141 Å². The molecule has 0 bridgehead atoms. The predicted molar refractivity (Wildman–Crippen MR) is 311 cm³/mol. The summed E-state index contributed by atoms with van der Waals surface area (Å²) in [7, 11) is 1.17. The first-order chi connectivity index (χ1) is 43.7. The van der Waals surface area contributed by atoms with Crippen molar-refractivity contribution < 1.29 is 128 Å². The van der Waals surface area contributed by atoms with Gasteiger partial charge in [0.05, 0.1) is 46.4 Å². The van der Waals surface area contributed by atoms with Gasteiger partial charge < -0.3 is 120 Å². The van der Waals surface area contributed by atoms with Gasteiger partial charge in [-0.1, -0.05) is 30.3 Å². The fourth-order valence-electron chi connectivity index (χ4n) is 15.1. The zero-order chi connectivity index (χ0) is 67.6. The van der Waals surface area contributed by atoms with Crippen molar-refractivity contribution in [1.29, 1.82) is 0 Å². The van der Waals surface area contributed by atoms with Crippen molar-refractivity contribution in [2.75, 3.05) is 33.5 Å². The van der Waals surface area contributed by atoms with Gasteiger partial charge in [-0.25, -0.2) is 4.79 Å². The quantitative estimate of drug-likeness (QED) is 0.173. The maximum atomic E-state index is 16.6. The number of ether oxygens (including phenoxy) is 22. The number of benzene rings is 1. The molecule has 13 rings (SSSR count). The second-order valence-corrected chi connectivity index (χ2v) is 29.7. The van der Waals surface area contributed by atoms with E-state index in [2.05, 4.69) is 21.3 Å². The van der Waals surface area contributed by atoms with Gasteiger partial charge in [0.25, 0.3) is 23.3 Å². The van der Waals surface area contributed by atoms with Gasteiger partial charge in [-0.2, -0.15) is 0 Å². The van der Waals surface area contributed by atoms with Crippen LogP contribution in [-0.4, -0.2) is 230 Å². The molecule has 4 amide bonds. The van der Waals surface area contributed by atoms with Crippen molar-refractivity contribution in [2.45, 2.75) is 297 Å². The van der Waals surface area contributed by atoms with Crippen molar-refractivity contribution in [3.63, 3.8) is 0 Å². The summed E-state index contributed by atoms with van der Waals surface area (Å²) in [6.45, 7) is 26.5. The molecular weight excluding hydrogens is 1240 g/mol. The molecule has 12 saturated heterocycles. The van der Waals surface area contributed by atoms with Gasteiger partial charge >= 0.3 is 12.1 Å². The zero-order valence-electron chi connectivity index (χ0n) is 56.1. The molecule has 31 heteroatoms. The van der Waals surface area contributed by atoms with Gasteiger partial charge in [-0.3, -0.25) is 24.5 Å². The average Bonchev–Trinajstić information content (AvgIpc) is 1.56. The molecule has 1 aromatic rings. The highest BCUT2D eigenvalue weighted by molar-refractivity contribution is 5.94. The Bertz CT molecular complexity index is 3110. The maximum absolute atomic E-state index is 16.6. The monoisotopic (exact) mass is 1330 g/mol. The number of carbonyl (C=O) groups excluding carboxylic acids is 5. The van der Waals surface area contributed by atoms with Gasteiger partial charge in [0.2, 0.25) is 5.91 Å². The molecule has 0 radical (unpaired) electrons. The topological polar surface area (TPSA) is 337 Å². The van der Waals surface area contributed by atoms with E-state index in [1.807, 2.05) is 0 Å². The fourth-order valence-corrected chi connectivity index (χ4v) is 15.1. The number of esters is 1. The number of alkyl carbamates (subject to hydrolysis) is 1. The van der Waals surface area contributed by atoms with Crippen molar-refractivity contribution in [1.82, 2.24) is 21.3 Å². The molecule has 0 aromatic heterocycles. The largest absolute Gasteiger partial charge is 0.469 e. The van der Waals surface area contributed by atoms with Crippen LogP contribution in [0.25, 0.3) is 0 Å². The summed E-state index contributed by atoms with van der Waals surface area (Å²) in [6, 6.07) is 8.85. The molecule has 12 aliphatic heterocycles. The Morgan fingerprint density at radius 3 is 1.09 bits per heavy atom. The van der Waals surface area contributed by atoms with Gasteiger partial charge in [0, 0.05) is 0 Å². The van der Waals surface area contributed by atoms with Crippen molar-refractivity contribution >= 4 is 29.8 Å². The lowest BCUT2D eigenvalue weighted by Crippen LogP contribution is -2.72. The number of hydrogen-bond donors (Lipinski definition) is 4. The Morgan fingerprint density at radius 1 is 0.383 bits per heavy atom. The minimum Gasteiger partial charge on any atom is -0.469 e. The van der Waals surface area contributed by atoms with Crippen molar-refractivity contribution in [3.05, 3.63) is 35.9 Å². The van der Waals surface area contributed by atoms with E-state index in [0.29, 0.717) is 5.56 Å². The molecule has 0 aliphatic carbocycles. The standard InChI is InChI=1S/C63H90N4O27/c1-52(2)75-26-31(79-52)37-41-45(91-56(9,10)83-41)60(87-37,65-50(71)63(67-51(72)74-25-30-21-19-18-20-22-30)48-44(86-59(15,16)94-48)40(90-63)34-29-78-55(7,8)82-34)23-35(68)64-62(47-43(85-58(13,14)93-47)39(89-62)33-28-77-54(5,6)81-33)49(70)66-61(24-36(69)73-17)46-42(84-57(11,12)92-46)38(88-61)32-27-76-53(3,4)80-32/h18-22,31-34,37-48H,23-29H2,1-17H3,(H,64,68)(H,65,71)(H,66,70)(H,67,72)/t31-,32-,33-,34-,37-,38-,39-,40-,41+,42+,43+,44+,45+,46+,47+,48+,60?,61?,62-,63-/m1/s1. The molecule has 12 heterocycles. The summed E-state index contributed by atoms with van der Waals surface area (Å²) in [4.78, 5) is 78.0. The molecule has 12 fully saturated rings. The highest BCUT2D eigenvalue weighted by Crippen LogP contribution is 2.54. The van der Waals surface area contributed by atoms with Crippen LogP contribution in [0, 0.1) is 0 Å². The fraction of sp³-hybridized carbons (Fsp3) is 0.825. The van der Waals surface area contributed by atoms with E-state index >= 15 is 14.4 Å². The number of carbonyl (C=O) groups is 5. The molecule has 1 aromatic carbocycles. The lowest BCUT2D eigenvalue weighted by atomic mass is 9.93. The zero-order valence-corrected chi connectivity index (χ0v) is 56.1. The minimum absolute atomic E-state index is 0.0258. The summed E-state index contributed by atoms with van der Waals surface area (Å²) in [5.74, 6) is -14.3. The van der Waals surface area contributed by atoms with Crippen LogP contribution in [0.1, 0.15) is 129 Å². The second-order valence-electron chi connectivity index (χ2n) is 29.7. The molecule has 2 unspecified atom stereocenters. The molecule has 4 N–H and O–H groups in total. The van der Waals surface area contributed by atoms with Crippen LogP contribution in [0.5, 0.6) is 0 Å². The summed E-state index contributed by atoms with van der Waals surface area (Å²) < 4.78 is 142. The second kappa shape index (κ2) is 23.1.